The lowest BCUT2D eigenvalue weighted by atomic mass is 10.9. The molecule has 7 heavy (non-hydrogen) atoms. The Bertz CT molecular complexity index is 55.7. The van der Waals surface area contributed by atoms with Gasteiger partial charge in [-0.15, -0.1) is 0 Å². The average Bonchev–Trinajstić information content (AvgIpc) is 2.42. The summed E-state index contributed by atoms with van der Waals surface area (Å²) in [5.74, 6) is 0.861. The van der Waals surface area contributed by atoms with Crippen molar-refractivity contribution in [3.63, 3.8) is 0 Å². The maximum Gasteiger partial charge on any atom is 0.0534 e. The first kappa shape index (κ1) is 5.41. The minimum Gasteiger partial charge on any atom is -0.395 e. The van der Waals surface area contributed by atoms with Gasteiger partial charge in [-0.05, 0) is 0 Å². The second-order valence-electron chi connectivity index (χ2n) is 1.49. The molecule has 1 aliphatic rings. The predicted molar refractivity (Wildman–Crippen MR) is 31.1 cm³/mol. The van der Waals surface area contributed by atoms with Crippen LogP contribution in [0.3, 0.4) is 0 Å². The summed E-state index contributed by atoms with van der Waals surface area (Å²) in [6.07, 6.45) is 0. The van der Waals surface area contributed by atoms with E-state index in [2.05, 4.69) is 4.31 Å². The van der Waals surface area contributed by atoms with Crippen molar-refractivity contribution < 1.29 is 5.11 Å². The minimum atomic E-state index is 0.307. The van der Waals surface area contributed by atoms with Crippen molar-refractivity contribution in [2.45, 2.75) is 0 Å². The van der Waals surface area contributed by atoms with E-state index >= 15 is 0 Å². The van der Waals surface area contributed by atoms with Crippen LogP contribution in [0.15, 0.2) is 0 Å². The maximum absolute atomic E-state index is 8.30. The minimum absolute atomic E-state index is 0.307. The molecule has 1 heterocycles. The highest BCUT2D eigenvalue weighted by atomic mass is 32.2. The fraction of sp³-hybridized carbons (Fsp3) is 1.00. The first-order valence-electron chi connectivity index (χ1n) is 2.42. The van der Waals surface area contributed by atoms with Crippen LogP contribution in [0.5, 0.6) is 0 Å². The van der Waals surface area contributed by atoms with Crippen LogP contribution in [-0.4, -0.2) is 34.9 Å². The number of aliphatic hydroxyl groups excluding tert-OH is 1. The number of hydrogen-bond acceptors (Lipinski definition) is 3. The Hall–Kier alpha value is 0.270. The molecule has 3 heteroatoms. The maximum atomic E-state index is 8.30. The molecule has 0 radical (unpaired) electrons. The summed E-state index contributed by atoms with van der Waals surface area (Å²) in [5, 5.41) is 8.30. The van der Waals surface area contributed by atoms with Crippen LogP contribution < -0.4 is 0 Å². The Morgan fingerprint density at radius 3 is 2.71 bits per heavy atom. The van der Waals surface area contributed by atoms with Gasteiger partial charge >= 0.3 is 0 Å². The quantitative estimate of drug-likeness (QED) is 0.416. The van der Waals surface area contributed by atoms with Crippen molar-refractivity contribution in [3.05, 3.63) is 0 Å². The van der Waals surface area contributed by atoms with E-state index in [1.807, 2.05) is 0 Å². The van der Waals surface area contributed by atoms with E-state index in [-0.39, 0.29) is 0 Å². The molecule has 0 aromatic rings. The first-order chi connectivity index (χ1) is 3.43. The summed E-state index contributed by atoms with van der Waals surface area (Å²) >= 11 is 1.73. The second-order valence-corrected chi connectivity index (χ2v) is 2.67. The fourth-order valence-electron chi connectivity index (χ4n) is 0.340. The zero-order chi connectivity index (χ0) is 5.11. The highest BCUT2D eigenvalue weighted by Gasteiger charge is 2.16. The predicted octanol–water partition coefficient (Wildman–Crippen LogP) is -0.0575. The molecule has 1 rings (SSSR count). The SMILES string of the molecule is OCCSN1CC1. The molecule has 42 valence electrons. The molecule has 0 aromatic carbocycles. The lowest BCUT2D eigenvalue weighted by Crippen LogP contribution is -1.89. The first-order valence-corrected chi connectivity index (χ1v) is 3.36. The molecule has 0 amide bonds. The van der Waals surface area contributed by atoms with Gasteiger partial charge in [-0.3, -0.25) is 0 Å². The number of rotatable bonds is 3. The molecule has 0 bridgehead atoms. The van der Waals surface area contributed by atoms with E-state index in [4.69, 9.17) is 5.11 Å². The van der Waals surface area contributed by atoms with Crippen LogP contribution in [-0.2, 0) is 0 Å². The third-order valence-corrected chi connectivity index (χ3v) is 1.87. The molecule has 1 N–H and O–H groups in total. The Morgan fingerprint density at radius 1 is 1.57 bits per heavy atom. The van der Waals surface area contributed by atoms with Crippen LogP contribution in [0.25, 0.3) is 0 Å². The molecule has 0 aliphatic carbocycles. The van der Waals surface area contributed by atoms with E-state index in [0.29, 0.717) is 6.61 Å². The Morgan fingerprint density at radius 2 is 2.29 bits per heavy atom. The van der Waals surface area contributed by atoms with Crippen molar-refractivity contribution in [2.24, 2.45) is 0 Å². The van der Waals surface area contributed by atoms with Crippen LogP contribution >= 0.6 is 11.9 Å². The van der Waals surface area contributed by atoms with Crippen molar-refractivity contribution >= 4 is 11.9 Å². The molecular formula is C4H9NOS. The topological polar surface area (TPSA) is 23.2 Å². The summed E-state index contributed by atoms with van der Waals surface area (Å²) in [6, 6.07) is 0. The largest absolute Gasteiger partial charge is 0.395 e. The third-order valence-electron chi connectivity index (χ3n) is 0.771. The third kappa shape index (κ3) is 2.16. The molecule has 0 atom stereocenters. The van der Waals surface area contributed by atoms with Gasteiger partial charge in [0, 0.05) is 18.8 Å². The second kappa shape index (κ2) is 2.55. The van der Waals surface area contributed by atoms with E-state index < -0.39 is 0 Å². The summed E-state index contributed by atoms with van der Waals surface area (Å²) in [5.41, 5.74) is 0. The van der Waals surface area contributed by atoms with Crippen LogP contribution in [0.1, 0.15) is 0 Å². The van der Waals surface area contributed by atoms with Crippen LogP contribution in [0.4, 0.5) is 0 Å². The molecule has 0 spiro atoms. The van der Waals surface area contributed by atoms with Gasteiger partial charge in [0.2, 0.25) is 0 Å². The number of hydrogen-bond donors (Lipinski definition) is 1. The lowest BCUT2D eigenvalue weighted by molar-refractivity contribution is 0.322. The van der Waals surface area contributed by atoms with Crippen molar-refractivity contribution in [2.75, 3.05) is 25.4 Å². The van der Waals surface area contributed by atoms with E-state index in [1.54, 1.807) is 11.9 Å². The summed E-state index contributed by atoms with van der Waals surface area (Å²) in [4.78, 5) is 0. The molecule has 1 aliphatic heterocycles. The standard InChI is InChI=1S/C4H9NOS/c6-3-4-7-5-1-2-5/h6H,1-4H2. The van der Waals surface area contributed by atoms with E-state index in [9.17, 15) is 0 Å². The van der Waals surface area contributed by atoms with Gasteiger partial charge in [0.15, 0.2) is 0 Å². The van der Waals surface area contributed by atoms with Gasteiger partial charge in [-0.25, -0.2) is 4.31 Å². The van der Waals surface area contributed by atoms with Gasteiger partial charge in [0.1, 0.15) is 0 Å². The Labute approximate surface area is 47.6 Å². The zero-order valence-electron chi connectivity index (χ0n) is 4.13. The zero-order valence-corrected chi connectivity index (χ0v) is 4.95. The van der Waals surface area contributed by atoms with Gasteiger partial charge < -0.3 is 5.11 Å². The average molecular weight is 119 g/mol. The monoisotopic (exact) mass is 119 g/mol. The van der Waals surface area contributed by atoms with Gasteiger partial charge in [-0.2, -0.15) is 0 Å². The molecule has 0 unspecified atom stereocenters. The Kier molecular flexibility index (Phi) is 1.97. The molecular weight excluding hydrogens is 110 g/mol. The lowest BCUT2D eigenvalue weighted by Gasteiger charge is -1.92. The number of nitrogens with zero attached hydrogens (tertiary/aromatic N) is 1. The van der Waals surface area contributed by atoms with Crippen molar-refractivity contribution in [1.82, 2.24) is 4.31 Å². The molecule has 2 nitrogen and oxygen atoms in total. The van der Waals surface area contributed by atoms with Gasteiger partial charge in [0.25, 0.3) is 0 Å². The summed E-state index contributed by atoms with van der Waals surface area (Å²) < 4.78 is 2.22. The smallest absolute Gasteiger partial charge is 0.0534 e. The highest BCUT2D eigenvalue weighted by Crippen LogP contribution is 2.17. The summed E-state index contributed by atoms with van der Waals surface area (Å²) in [7, 11) is 0. The number of aliphatic hydroxyl groups is 1. The van der Waals surface area contributed by atoms with Gasteiger partial charge in [-0.1, -0.05) is 11.9 Å². The highest BCUT2D eigenvalue weighted by molar-refractivity contribution is 7.97. The van der Waals surface area contributed by atoms with Crippen molar-refractivity contribution in [3.8, 4) is 0 Å². The Balaban J connectivity index is 1.80. The molecule has 1 fully saturated rings. The van der Waals surface area contributed by atoms with Crippen LogP contribution in [0.2, 0.25) is 0 Å². The van der Waals surface area contributed by atoms with Crippen molar-refractivity contribution in [1.29, 1.82) is 0 Å². The van der Waals surface area contributed by atoms with E-state index in [0.717, 1.165) is 5.75 Å². The normalized spacial score (nSPS) is 20.1. The molecule has 0 aromatic heterocycles. The van der Waals surface area contributed by atoms with Gasteiger partial charge in [0.05, 0.1) is 6.61 Å². The fourth-order valence-corrected chi connectivity index (χ4v) is 1.02. The molecule has 1 saturated heterocycles. The van der Waals surface area contributed by atoms with E-state index in [1.165, 1.54) is 13.1 Å². The van der Waals surface area contributed by atoms with Crippen LogP contribution in [0, 0.1) is 0 Å². The molecule has 0 saturated carbocycles. The summed E-state index contributed by atoms with van der Waals surface area (Å²) in [6.45, 7) is 2.73.